The topological polar surface area (TPSA) is 38.5 Å². The lowest BCUT2D eigenvalue weighted by atomic mass is 10.1. The molecule has 2 atom stereocenters. The van der Waals surface area contributed by atoms with Crippen LogP contribution in [0.15, 0.2) is 24.3 Å². The third kappa shape index (κ3) is 3.21. The summed E-state index contributed by atoms with van der Waals surface area (Å²) >= 11 is 4.95. The molecule has 0 aliphatic carbocycles. The number of nitrogens with zero attached hydrogens (tertiary/aromatic N) is 1. The summed E-state index contributed by atoms with van der Waals surface area (Å²) in [5.41, 5.74) is 6.89. The predicted octanol–water partition coefficient (Wildman–Crippen LogP) is 1.99. The average molecular weight is 264 g/mol. The molecule has 0 aromatic heterocycles. The van der Waals surface area contributed by atoms with Gasteiger partial charge in [0.25, 0.3) is 0 Å². The molecule has 0 radical (unpaired) electrons. The molecule has 98 valence electrons. The maximum absolute atomic E-state index is 5.93. The van der Waals surface area contributed by atoms with E-state index < -0.39 is 0 Å². The maximum atomic E-state index is 5.93. The highest BCUT2D eigenvalue weighted by Crippen LogP contribution is 2.28. The smallest absolute Gasteiger partial charge is 0.123 e. The lowest BCUT2D eigenvalue weighted by Crippen LogP contribution is -2.39. The first-order chi connectivity index (χ1) is 8.56. The van der Waals surface area contributed by atoms with Crippen molar-refractivity contribution in [2.75, 3.05) is 13.6 Å². The van der Waals surface area contributed by atoms with Crippen LogP contribution in [0.2, 0.25) is 0 Å². The Kier molecular flexibility index (Phi) is 4.19. The van der Waals surface area contributed by atoms with E-state index in [9.17, 15) is 0 Å². The second-order valence-electron chi connectivity index (χ2n) is 5.01. The van der Waals surface area contributed by atoms with Crippen molar-refractivity contribution < 1.29 is 4.74 Å². The van der Waals surface area contributed by atoms with E-state index in [1.807, 2.05) is 12.1 Å². The number of hydrogen-bond acceptors (Lipinski definition) is 3. The number of likely N-dealkylation sites (N-methyl/N-ethyl adjacent to an activating group) is 1. The number of para-hydroxylation sites is 1. The Morgan fingerprint density at radius 1 is 1.56 bits per heavy atom. The zero-order valence-corrected chi connectivity index (χ0v) is 11.7. The van der Waals surface area contributed by atoms with Gasteiger partial charge in [0.05, 0.1) is 4.99 Å². The predicted molar refractivity (Wildman–Crippen MR) is 78.1 cm³/mol. The maximum Gasteiger partial charge on any atom is 0.123 e. The van der Waals surface area contributed by atoms with E-state index in [0.29, 0.717) is 11.0 Å². The molecule has 0 saturated heterocycles. The van der Waals surface area contributed by atoms with Crippen molar-refractivity contribution in [1.29, 1.82) is 0 Å². The molecule has 0 saturated carbocycles. The molecule has 2 unspecified atom stereocenters. The molecule has 1 aliphatic heterocycles. The summed E-state index contributed by atoms with van der Waals surface area (Å²) in [7, 11) is 2.09. The van der Waals surface area contributed by atoms with Gasteiger partial charge >= 0.3 is 0 Å². The van der Waals surface area contributed by atoms with Crippen LogP contribution in [0.3, 0.4) is 0 Å². The van der Waals surface area contributed by atoms with Gasteiger partial charge in [-0.15, -0.1) is 0 Å². The average Bonchev–Trinajstić information content (AvgIpc) is 2.69. The Morgan fingerprint density at radius 2 is 2.28 bits per heavy atom. The quantitative estimate of drug-likeness (QED) is 0.825. The van der Waals surface area contributed by atoms with Gasteiger partial charge in [-0.05, 0) is 25.6 Å². The second kappa shape index (κ2) is 5.67. The van der Waals surface area contributed by atoms with Gasteiger partial charge in [-0.25, -0.2) is 0 Å². The summed E-state index contributed by atoms with van der Waals surface area (Å²) in [4.78, 5) is 2.83. The largest absolute Gasteiger partial charge is 0.488 e. The molecular weight excluding hydrogens is 244 g/mol. The molecule has 0 amide bonds. The number of hydrogen-bond donors (Lipinski definition) is 1. The SMILES string of the molecule is CC(CC(N)=S)N(C)CC1Cc2ccccc2O1. The summed E-state index contributed by atoms with van der Waals surface area (Å²) in [6.07, 6.45) is 1.98. The zero-order chi connectivity index (χ0) is 13.1. The van der Waals surface area contributed by atoms with E-state index in [0.717, 1.165) is 25.1 Å². The van der Waals surface area contributed by atoms with Crippen molar-refractivity contribution in [2.45, 2.75) is 31.9 Å². The highest BCUT2D eigenvalue weighted by Gasteiger charge is 2.24. The number of thiocarbonyl (C=S) groups is 1. The standard InChI is InChI=1S/C14H20N2OS/c1-10(7-14(15)18)16(2)9-12-8-11-5-3-4-6-13(11)17-12/h3-6,10,12H,7-9H2,1-2H3,(H2,15,18). The first-order valence-electron chi connectivity index (χ1n) is 6.29. The fourth-order valence-electron chi connectivity index (χ4n) is 2.30. The molecule has 2 N–H and O–H groups in total. The van der Waals surface area contributed by atoms with Crippen LogP contribution >= 0.6 is 12.2 Å². The second-order valence-corrected chi connectivity index (χ2v) is 5.54. The van der Waals surface area contributed by atoms with Crippen molar-refractivity contribution in [3.8, 4) is 5.75 Å². The van der Waals surface area contributed by atoms with Crippen LogP contribution in [0.5, 0.6) is 5.75 Å². The van der Waals surface area contributed by atoms with E-state index >= 15 is 0 Å². The molecule has 1 aromatic rings. The van der Waals surface area contributed by atoms with Gasteiger partial charge < -0.3 is 10.5 Å². The van der Waals surface area contributed by atoms with Crippen molar-refractivity contribution in [3.63, 3.8) is 0 Å². The van der Waals surface area contributed by atoms with Gasteiger partial charge in [-0.3, -0.25) is 4.90 Å². The van der Waals surface area contributed by atoms with Crippen molar-refractivity contribution >= 4 is 17.2 Å². The Bertz CT molecular complexity index is 411. The van der Waals surface area contributed by atoms with E-state index in [4.69, 9.17) is 22.7 Å². The minimum atomic E-state index is 0.237. The van der Waals surface area contributed by atoms with Gasteiger partial charge in [0.15, 0.2) is 0 Å². The van der Waals surface area contributed by atoms with Crippen LogP contribution in [0.4, 0.5) is 0 Å². The van der Waals surface area contributed by atoms with E-state index in [2.05, 4.69) is 31.0 Å². The van der Waals surface area contributed by atoms with Crippen LogP contribution < -0.4 is 10.5 Å². The van der Waals surface area contributed by atoms with E-state index in [1.54, 1.807) is 0 Å². The first kappa shape index (κ1) is 13.3. The van der Waals surface area contributed by atoms with Gasteiger partial charge in [-0.2, -0.15) is 0 Å². The molecule has 4 heteroatoms. The van der Waals surface area contributed by atoms with E-state index in [1.165, 1.54) is 5.56 Å². The monoisotopic (exact) mass is 264 g/mol. The van der Waals surface area contributed by atoms with Crippen molar-refractivity contribution in [2.24, 2.45) is 5.73 Å². The molecule has 1 aromatic carbocycles. The summed E-state index contributed by atoms with van der Waals surface area (Å²) in [5, 5.41) is 0. The van der Waals surface area contributed by atoms with Crippen LogP contribution in [-0.4, -0.2) is 35.6 Å². The van der Waals surface area contributed by atoms with Crippen molar-refractivity contribution in [1.82, 2.24) is 4.90 Å². The highest BCUT2D eigenvalue weighted by atomic mass is 32.1. The Labute approximate surface area is 114 Å². The number of nitrogens with two attached hydrogens (primary N) is 1. The molecule has 2 rings (SSSR count). The van der Waals surface area contributed by atoms with Crippen LogP contribution in [-0.2, 0) is 6.42 Å². The summed E-state index contributed by atoms with van der Waals surface area (Å²) in [6.45, 7) is 3.04. The third-order valence-electron chi connectivity index (χ3n) is 3.45. The number of ether oxygens (including phenoxy) is 1. The minimum Gasteiger partial charge on any atom is -0.488 e. The van der Waals surface area contributed by atoms with Gasteiger partial charge in [0.1, 0.15) is 11.9 Å². The van der Waals surface area contributed by atoms with Crippen LogP contribution in [0.25, 0.3) is 0 Å². The summed E-state index contributed by atoms with van der Waals surface area (Å²) in [5.74, 6) is 1.03. The molecule has 0 fully saturated rings. The number of benzene rings is 1. The van der Waals surface area contributed by atoms with Crippen LogP contribution in [0.1, 0.15) is 18.9 Å². The van der Waals surface area contributed by atoms with Crippen LogP contribution in [0, 0.1) is 0 Å². The lowest BCUT2D eigenvalue weighted by molar-refractivity contribution is 0.146. The minimum absolute atomic E-state index is 0.237. The molecule has 0 bridgehead atoms. The van der Waals surface area contributed by atoms with Gasteiger partial charge in [0.2, 0.25) is 0 Å². The van der Waals surface area contributed by atoms with Gasteiger partial charge in [-0.1, -0.05) is 30.4 Å². The molecule has 1 aliphatic rings. The van der Waals surface area contributed by atoms with E-state index in [-0.39, 0.29) is 6.10 Å². The number of rotatable bonds is 5. The fourth-order valence-corrected chi connectivity index (χ4v) is 2.55. The normalized spacial score (nSPS) is 19.4. The summed E-state index contributed by atoms with van der Waals surface area (Å²) in [6, 6.07) is 8.60. The third-order valence-corrected chi connectivity index (χ3v) is 3.62. The summed E-state index contributed by atoms with van der Waals surface area (Å²) < 4.78 is 5.93. The highest BCUT2D eigenvalue weighted by molar-refractivity contribution is 7.80. The Morgan fingerprint density at radius 3 is 2.94 bits per heavy atom. The molecule has 18 heavy (non-hydrogen) atoms. The molecule has 0 spiro atoms. The Balaban J connectivity index is 1.87. The first-order valence-corrected chi connectivity index (χ1v) is 6.70. The number of fused-ring (bicyclic) bond motifs is 1. The lowest BCUT2D eigenvalue weighted by Gasteiger charge is -2.26. The molecule has 3 nitrogen and oxygen atoms in total. The Hall–Kier alpha value is -1.13. The van der Waals surface area contributed by atoms with Gasteiger partial charge in [0, 0.05) is 25.4 Å². The zero-order valence-electron chi connectivity index (χ0n) is 10.9. The molecule has 1 heterocycles. The fraction of sp³-hybridized carbons (Fsp3) is 0.500. The van der Waals surface area contributed by atoms with Crippen molar-refractivity contribution in [3.05, 3.63) is 29.8 Å². The molecular formula is C14H20N2OS.